The van der Waals surface area contributed by atoms with Crippen molar-refractivity contribution in [3.05, 3.63) is 71.3 Å². The van der Waals surface area contributed by atoms with E-state index in [0.717, 1.165) is 13.0 Å². The van der Waals surface area contributed by atoms with Crippen molar-refractivity contribution >= 4 is 12.4 Å². The molecule has 0 heterocycles. The lowest BCUT2D eigenvalue weighted by Gasteiger charge is -2.18. The van der Waals surface area contributed by atoms with Gasteiger partial charge >= 0.3 is 0 Å². The maximum atomic E-state index is 3.56. The zero-order valence-electron chi connectivity index (χ0n) is 11.6. The van der Waals surface area contributed by atoms with Crippen LogP contribution in [-0.4, -0.2) is 6.54 Å². The largest absolute Gasteiger partial charge is 0.310 e. The van der Waals surface area contributed by atoms with E-state index in [2.05, 4.69) is 73.8 Å². The van der Waals surface area contributed by atoms with Crippen LogP contribution in [0.15, 0.2) is 54.6 Å². The van der Waals surface area contributed by atoms with E-state index in [-0.39, 0.29) is 12.4 Å². The quantitative estimate of drug-likeness (QED) is 0.857. The molecule has 2 aromatic carbocycles. The molecule has 1 atom stereocenters. The minimum Gasteiger partial charge on any atom is -0.310 e. The van der Waals surface area contributed by atoms with Crippen LogP contribution >= 0.6 is 12.4 Å². The van der Waals surface area contributed by atoms with Crippen molar-refractivity contribution in [2.45, 2.75) is 26.3 Å². The fourth-order valence-corrected chi connectivity index (χ4v) is 2.20. The Morgan fingerprint density at radius 3 is 2.16 bits per heavy atom. The molecule has 0 aliphatic carbocycles. The van der Waals surface area contributed by atoms with Crippen molar-refractivity contribution < 1.29 is 0 Å². The molecule has 0 saturated heterocycles. The first kappa shape index (κ1) is 15.7. The van der Waals surface area contributed by atoms with Crippen LogP contribution in [0, 0.1) is 6.92 Å². The predicted octanol–water partition coefficient (Wildman–Crippen LogP) is 4.31. The average Bonchev–Trinajstić information content (AvgIpc) is 2.42. The van der Waals surface area contributed by atoms with Gasteiger partial charge in [0, 0.05) is 6.04 Å². The molecule has 0 bridgehead atoms. The van der Waals surface area contributed by atoms with E-state index >= 15 is 0 Å². The maximum Gasteiger partial charge on any atom is 0.0360 e. The summed E-state index contributed by atoms with van der Waals surface area (Å²) in [6, 6.07) is 19.9. The highest BCUT2D eigenvalue weighted by Gasteiger charge is 2.10. The monoisotopic (exact) mass is 275 g/mol. The normalized spacial score (nSPS) is 11.7. The lowest BCUT2D eigenvalue weighted by molar-refractivity contribution is 0.550. The molecule has 2 aromatic rings. The van der Waals surface area contributed by atoms with Crippen molar-refractivity contribution in [1.82, 2.24) is 5.32 Å². The number of hydrogen-bond donors (Lipinski definition) is 1. The van der Waals surface area contributed by atoms with Crippen LogP contribution < -0.4 is 5.32 Å². The van der Waals surface area contributed by atoms with Gasteiger partial charge in [0.25, 0.3) is 0 Å². The highest BCUT2D eigenvalue weighted by atomic mass is 35.5. The highest BCUT2D eigenvalue weighted by molar-refractivity contribution is 5.85. The zero-order chi connectivity index (χ0) is 12.8. The van der Waals surface area contributed by atoms with Gasteiger partial charge in [0.1, 0.15) is 0 Å². The van der Waals surface area contributed by atoms with Gasteiger partial charge in [0.2, 0.25) is 0 Å². The summed E-state index contributed by atoms with van der Waals surface area (Å²) in [5.74, 6) is 0. The molecule has 0 radical (unpaired) electrons. The van der Waals surface area contributed by atoms with Gasteiger partial charge in [-0.2, -0.15) is 0 Å². The molecule has 19 heavy (non-hydrogen) atoms. The van der Waals surface area contributed by atoms with E-state index in [1.54, 1.807) is 0 Å². The van der Waals surface area contributed by atoms with Crippen LogP contribution in [0.5, 0.6) is 0 Å². The van der Waals surface area contributed by atoms with Crippen LogP contribution in [0.2, 0.25) is 0 Å². The van der Waals surface area contributed by atoms with Crippen LogP contribution in [0.3, 0.4) is 0 Å². The van der Waals surface area contributed by atoms with Gasteiger partial charge in [0.15, 0.2) is 0 Å². The number of nitrogens with one attached hydrogen (secondary N) is 1. The summed E-state index contributed by atoms with van der Waals surface area (Å²) in [4.78, 5) is 0. The minimum absolute atomic E-state index is 0. The van der Waals surface area contributed by atoms with E-state index in [1.165, 1.54) is 16.7 Å². The lowest BCUT2D eigenvalue weighted by Crippen LogP contribution is -2.22. The summed E-state index contributed by atoms with van der Waals surface area (Å²) >= 11 is 0. The number of benzene rings is 2. The summed E-state index contributed by atoms with van der Waals surface area (Å²) in [5, 5.41) is 3.56. The Morgan fingerprint density at radius 2 is 1.58 bits per heavy atom. The average molecular weight is 276 g/mol. The summed E-state index contributed by atoms with van der Waals surface area (Å²) in [5.41, 5.74) is 4.06. The van der Waals surface area contributed by atoms with Crippen molar-refractivity contribution in [1.29, 1.82) is 0 Å². The molecule has 2 heteroatoms. The van der Waals surface area contributed by atoms with Crippen molar-refractivity contribution in [2.75, 3.05) is 6.54 Å². The second kappa shape index (κ2) is 7.98. The Labute approximate surface area is 122 Å². The van der Waals surface area contributed by atoms with Crippen LogP contribution in [0.1, 0.15) is 29.7 Å². The van der Waals surface area contributed by atoms with Gasteiger partial charge < -0.3 is 5.32 Å². The van der Waals surface area contributed by atoms with Gasteiger partial charge in [-0.1, -0.05) is 67.1 Å². The smallest absolute Gasteiger partial charge is 0.0360 e. The van der Waals surface area contributed by atoms with Gasteiger partial charge in [-0.15, -0.1) is 12.4 Å². The molecule has 0 fully saturated rings. The van der Waals surface area contributed by atoms with E-state index < -0.39 is 0 Å². The molecule has 2 rings (SSSR count). The molecule has 0 aliphatic heterocycles. The third-order valence-corrected chi connectivity index (χ3v) is 3.21. The van der Waals surface area contributed by atoms with Crippen LogP contribution in [0.25, 0.3) is 0 Å². The topological polar surface area (TPSA) is 12.0 Å². The summed E-state index contributed by atoms with van der Waals surface area (Å²) in [6.07, 6.45) is 1.04. The molecular weight excluding hydrogens is 254 g/mol. The van der Waals surface area contributed by atoms with Crippen LogP contribution in [-0.2, 0) is 6.42 Å². The first-order valence-electron chi connectivity index (χ1n) is 6.63. The van der Waals surface area contributed by atoms with Crippen LogP contribution in [0.4, 0.5) is 0 Å². The molecule has 0 spiro atoms. The molecule has 0 aromatic heterocycles. The molecule has 0 saturated carbocycles. The molecule has 1 unspecified atom stereocenters. The molecular formula is C17H22ClN. The van der Waals surface area contributed by atoms with E-state index in [0.29, 0.717) is 6.04 Å². The standard InChI is InChI=1S/C17H21N.ClH/c1-3-18-17(16-7-5-4-6-8-16)13-15-11-9-14(2)10-12-15;/h4-12,17-18H,3,13H2,1-2H3;1H. The van der Waals surface area contributed by atoms with Crippen molar-refractivity contribution in [3.8, 4) is 0 Å². The fourth-order valence-electron chi connectivity index (χ4n) is 2.20. The zero-order valence-corrected chi connectivity index (χ0v) is 12.4. The Kier molecular flexibility index (Phi) is 6.61. The third-order valence-electron chi connectivity index (χ3n) is 3.21. The first-order chi connectivity index (χ1) is 8.79. The summed E-state index contributed by atoms with van der Waals surface area (Å²) < 4.78 is 0. The van der Waals surface area contributed by atoms with Gasteiger partial charge in [-0.3, -0.25) is 0 Å². The third kappa shape index (κ3) is 4.70. The molecule has 0 aliphatic rings. The number of hydrogen-bond acceptors (Lipinski definition) is 1. The number of halogens is 1. The Morgan fingerprint density at radius 1 is 0.947 bits per heavy atom. The number of likely N-dealkylation sites (N-methyl/N-ethyl adjacent to an activating group) is 1. The predicted molar refractivity (Wildman–Crippen MR) is 85.0 cm³/mol. The second-order valence-electron chi connectivity index (χ2n) is 4.71. The summed E-state index contributed by atoms with van der Waals surface area (Å²) in [6.45, 7) is 5.28. The molecule has 102 valence electrons. The maximum absolute atomic E-state index is 3.56. The molecule has 0 amide bonds. The fraction of sp³-hybridized carbons (Fsp3) is 0.294. The Bertz CT molecular complexity index is 464. The molecule has 1 N–H and O–H groups in total. The Balaban J connectivity index is 0.00000180. The van der Waals surface area contributed by atoms with Gasteiger partial charge in [-0.05, 0) is 31.0 Å². The lowest BCUT2D eigenvalue weighted by atomic mass is 9.98. The number of aryl methyl sites for hydroxylation is 1. The van der Waals surface area contributed by atoms with E-state index in [4.69, 9.17) is 0 Å². The van der Waals surface area contributed by atoms with Gasteiger partial charge in [0.05, 0.1) is 0 Å². The SMILES string of the molecule is CCNC(Cc1ccc(C)cc1)c1ccccc1.Cl. The highest BCUT2D eigenvalue weighted by Crippen LogP contribution is 2.18. The van der Waals surface area contributed by atoms with Gasteiger partial charge in [-0.25, -0.2) is 0 Å². The Hall–Kier alpha value is -1.31. The summed E-state index contributed by atoms with van der Waals surface area (Å²) in [7, 11) is 0. The van der Waals surface area contributed by atoms with Crippen molar-refractivity contribution in [2.24, 2.45) is 0 Å². The molecule has 1 nitrogen and oxygen atoms in total. The minimum atomic E-state index is 0. The van der Waals surface area contributed by atoms with Crippen molar-refractivity contribution in [3.63, 3.8) is 0 Å². The van der Waals surface area contributed by atoms with E-state index in [1.807, 2.05) is 0 Å². The second-order valence-corrected chi connectivity index (χ2v) is 4.71. The number of rotatable bonds is 5. The first-order valence-corrected chi connectivity index (χ1v) is 6.63. The van der Waals surface area contributed by atoms with E-state index in [9.17, 15) is 0 Å².